The number of halogens is 1. The van der Waals surface area contributed by atoms with E-state index >= 15 is 0 Å². The molecule has 1 aromatic carbocycles. The number of aryl methyl sites for hydroxylation is 1. The molecule has 1 aromatic rings. The van der Waals surface area contributed by atoms with Gasteiger partial charge in [-0.05, 0) is 25.6 Å². The first kappa shape index (κ1) is 15.0. The highest BCUT2D eigenvalue weighted by atomic mass is 35.5. The van der Waals surface area contributed by atoms with Crippen LogP contribution in [-0.2, 0) is 4.74 Å². The Bertz CT molecular complexity index is 510. The van der Waals surface area contributed by atoms with Gasteiger partial charge in [0.2, 0.25) is 0 Å². The fraction of sp³-hybridized carbons (Fsp3) is 0.538. The molecule has 0 radical (unpaired) electrons. The van der Waals surface area contributed by atoms with Crippen molar-refractivity contribution in [3.8, 4) is 0 Å². The predicted octanol–water partition coefficient (Wildman–Crippen LogP) is 2.30. The van der Waals surface area contributed by atoms with Gasteiger partial charge < -0.3 is 15.0 Å². The quantitative estimate of drug-likeness (QED) is 0.682. The number of rotatable bonds is 4. The number of nitrogens with one attached hydrogen (secondary N) is 1. The van der Waals surface area contributed by atoms with Gasteiger partial charge in [0.25, 0.3) is 5.69 Å². The van der Waals surface area contributed by atoms with E-state index in [9.17, 15) is 10.1 Å². The number of morpholine rings is 1. The van der Waals surface area contributed by atoms with Gasteiger partial charge in [-0.25, -0.2) is 0 Å². The smallest absolute Gasteiger partial charge is 0.288 e. The van der Waals surface area contributed by atoms with Gasteiger partial charge in [0.15, 0.2) is 0 Å². The molecule has 1 N–H and O–H groups in total. The summed E-state index contributed by atoms with van der Waals surface area (Å²) in [7, 11) is 2.06. The molecular formula is C13H18ClN3O3. The average molecular weight is 300 g/mol. The first-order chi connectivity index (χ1) is 9.47. The van der Waals surface area contributed by atoms with Crippen LogP contribution in [0.1, 0.15) is 5.56 Å². The number of likely N-dealkylation sites (N-methyl/N-ethyl adjacent to an activating group) is 1. The maximum atomic E-state index is 10.8. The molecule has 6 nitrogen and oxygen atoms in total. The van der Waals surface area contributed by atoms with Crippen LogP contribution in [0.15, 0.2) is 12.1 Å². The lowest BCUT2D eigenvalue weighted by molar-refractivity contribution is -0.384. The summed E-state index contributed by atoms with van der Waals surface area (Å²) in [6, 6.07) is 3.08. The van der Waals surface area contributed by atoms with Gasteiger partial charge in [-0.15, -0.1) is 0 Å². The van der Waals surface area contributed by atoms with E-state index in [-0.39, 0.29) is 16.8 Å². The third-order valence-electron chi connectivity index (χ3n) is 3.35. The monoisotopic (exact) mass is 299 g/mol. The fourth-order valence-corrected chi connectivity index (χ4v) is 2.44. The Balaban J connectivity index is 2.02. The maximum Gasteiger partial charge on any atom is 0.288 e. The Morgan fingerprint density at radius 1 is 1.60 bits per heavy atom. The molecule has 0 bridgehead atoms. The number of hydrogen-bond acceptors (Lipinski definition) is 5. The van der Waals surface area contributed by atoms with Gasteiger partial charge in [0.05, 0.1) is 17.6 Å². The topological polar surface area (TPSA) is 67.6 Å². The molecular weight excluding hydrogens is 282 g/mol. The average Bonchev–Trinajstić information content (AvgIpc) is 2.39. The molecule has 1 atom stereocenters. The van der Waals surface area contributed by atoms with Crippen molar-refractivity contribution in [2.45, 2.75) is 13.0 Å². The second-order valence-corrected chi connectivity index (χ2v) is 5.42. The van der Waals surface area contributed by atoms with Crippen LogP contribution in [0.4, 0.5) is 11.4 Å². The van der Waals surface area contributed by atoms with Crippen molar-refractivity contribution in [1.29, 1.82) is 0 Å². The van der Waals surface area contributed by atoms with Crippen LogP contribution in [-0.4, -0.2) is 49.2 Å². The third kappa shape index (κ3) is 3.59. The third-order valence-corrected chi connectivity index (χ3v) is 3.66. The Labute approximate surface area is 122 Å². The summed E-state index contributed by atoms with van der Waals surface area (Å²) in [5.74, 6) is 0. The second kappa shape index (κ2) is 6.39. The molecule has 2 rings (SSSR count). The van der Waals surface area contributed by atoms with E-state index in [1.807, 2.05) is 6.92 Å². The molecule has 0 aliphatic carbocycles. The lowest BCUT2D eigenvalue weighted by Gasteiger charge is -2.30. The predicted molar refractivity (Wildman–Crippen MR) is 78.6 cm³/mol. The van der Waals surface area contributed by atoms with Gasteiger partial charge in [0.1, 0.15) is 5.02 Å². The van der Waals surface area contributed by atoms with E-state index in [1.165, 1.54) is 6.07 Å². The zero-order chi connectivity index (χ0) is 14.7. The number of hydrogen-bond donors (Lipinski definition) is 1. The Kier molecular flexibility index (Phi) is 4.80. The van der Waals surface area contributed by atoms with Crippen LogP contribution < -0.4 is 5.32 Å². The molecule has 0 spiro atoms. The van der Waals surface area contributed by atoms with Gasteiger partial charge in [-0.1, -0.05) is 11.6 Å². The number of nitro benzene ring substituents is 1. The molecule has 1 aliphatic heterocycles. The van der Waals surface area contributed by atoms with Crippen molar-refractivity contribution in [2.75, 3.05) is 38.6 Å². The summed E-state index contributed by atoms with van der Waals surface area (Å²) in [5.41, 5.74) is 1.53. The molecule has 7 heteroatoms. The zero-order valence-corrected chi connectivity index (χ0v) is 12.3. The van der Waals surface area contributed by atoms with E-state index in [0.29, 0.717) is 6.54 Å². The summed E-state index contributed by atoms with van der Waals surface area (Å²) in [6.45, 7) is 5.01. The number of nitrogens with zero attached hydrogens (tertiary/aromatic N) is 2. The van der Waals surface area contributed by atoms with Crippen LogP contribution in [0.2, 0.25) is 5.02 Å². The van der Waals surface area contributed by atoms with Gasteiger partial charge in [-0.3, -0.25) is 10.1 Å². The molecule has 1 fully saturated rings. The van der Waals surface area contributed by atoms with E-state index in [1.54, 1.807) is 6.07 Å². The highest BCUT2D eigenvalue weighted by molar-refractivity contribution is 6.33. The molecule has 1 unspecified atom stereocenters. The molecule has 0 aromatic heterocycles. The van der Waals surface area contributed by atoms with Gasteiger partial charge in [-0.2, -0.15) is 0 Å². The van der Waals surface area contributed by atoms with Crippen molar-refractivity contribution >= 4 is 23.0 Å². The van der Waals surface area contributed by atoms with Crippen LogP contribution in [0.3, 0.4) is 0 Å². The number of benzene rings is 1. The highest BCUT2D eigenvalue weighted by Crippen LogP contribution is 2.30. The van der Waals surface area contributed by atoms with E-state index in [0.717, 1.165) is 30.9 Å². The van der Waals surface area contributed by atoms with Crippen molar-refractivity contribution in [2.24, 2.45) is 0 Å². The summed E-state index contributed by atoms with van der Waals surface area (Å²) < 4.78 is 5.66. The minimum Gasteiger partial charge on any atom is -0.382 e. The SMILES string of the molecule is Cc1cc([N+](=O)[O-])c(Cl)cc1NCC1CN(C)CCO1. The second-order valence-electron chi connectivity index (χ2n) is 5.01. The fourth-order valence-electron chi connectivity index (χ4n) is 2.21. The van der Waals surface area contributed by atoms with Gasteiger partial charge >= 0.3 is 0 Å². The Morgan fingerprint density at radius 3 is 3.00 bits per heavy atom. The first-order valence-electron chi connectivity index (χ1n) is 6.46. The zero-order valence-electron chi connectivity index (χ0n) is 11.6. The van der Waals surface area contributed by atoms with Crippen LogP contribution in [0.5, 0.6) is 0 Å². The minimum absolute atomic E-state index is 0.0663. The molecule has 0 saturated carbocycles. The van der Waals surface area contributed by atoms with Gasteiger partial charge in [0, 0.05) is 31.4 Å². The van der Waals surface area contributed by atoms with E-state index < -0.39 is 4.92 Å². The van der Waals surface area contributed by atoms with Crippen molar-refractivity contribution < 1.29 is 9.66 Å². The number of nitro groups is 1. The normalized spacial score (nSPS) is 19.9. The largest absolute Gasteiger partial charge is 0.382 e. The van der Waals surface area contributed by atoms with E-state index in [2.05, 4.69) is 17.3 Å². The van der Waals surface area contributed by atoms with Crippen molar-refractivity contribution in [1.82, 2.24) is 4.90 Å². The summed E-state index contributed by atoms with van der Waals surface area (Å²) in [6.07, 6.45) is 0.113. The summed E-state index contributed by atoms with van der Waals surface area (Å²) in [4.78, 5) is 12.5. The summed E-state index contributed by atoms with van der Waals surface area (Å²) >= 11 is 5.92. The molecule has 0 amide bonds. The van der Waals surface area contributed by atoms with Crippen LogP contribution in [0, 0.1) is 17.0 Å². The van der Waals surface area contributed by atoms with Crippen LogP contribution >= 0.6 is 11.6 Å². The lowest BCUT2D eigenvalue weighted by Crippen LogP contribution is -2.43. The molecule has 110 valence electrons. The standard InChI is InChI=1S/C13H18ClN3O3/c1-9-5-13(17(18)19)11(14)6-12(9)15-7-10-8-16(2)3-4-20-10/h5-6,10,15H,3-4,7-8H2,1-2H3. The number of anilines is 1. The number of ether oxygens (including phenoxy) is 1. The van der Waals surface area contributed by atoms with E-state index in [4.69, 9.17) is 16.3 Å². The minimum atomic E-state index is -0.474. The Morgan fingerprint density at radius 2 is 2.35 bits per heavy atom. The maximum absolute atomic E-state index is 10.8. The highest BCUT2D eigenvalue weighted by Gasteiger charge is 2.19. The van der Waals surface area contributed by atoms with Crippen molar-refractivity contribution in [3.63, 3.8) is 0 Å². The molecule has 1 heterocycles. The molecule has 1 saturated heterocycles. The van der Waals surface area contributed by atoms with Crippen LogP contribution in [0.25, 0.3) is 0 Å². The first-order valence-corrected chi connectivity index (χ1v) is 6.83. The van der Waals surface area contributed by atoms with Crippen molar-refractivity contribution in [3.05, 3.63) is 32.8 Å². The molecule has 20 heavy (non-hydrogen) atoms. The Hall–Kier alpha value is -1.37. The summed E-state index contributed by atoms with van der Waals surface area (Å²) in [5, 5.41) is 14.2. The molecule has 1 aliphatic rings. The lowest BCUT2D eigenvalue weighted by atomic mass is 10.1.